The minimum Gasteiger partial charge on any atom is -0.465 e. The maximum atomic E-state index is 13.2. The van der Waals surface area contributed by atoms with Gasteiger partial charge in [-0.15, -0.1) is 0 Å². The maximum Gasteiger partial charge on any atom is 0.339 e. The van der Waals surface area contributed by atoms with Crippen LogP contribution in [0.1, 0.15) is 38.3 Å². The quantitative estimate of drug-likeness (QED) is 0.765. The zero-order chi connectivity index (χ0) is 19.0. The molecule has 27 heavy (non-hydrogen) atoms. The molecule has 1 atom stereocenters. The second-order valence-corrected chi connectivity index (χ2v) is 6.64. The van der Waals surface area contributed by atoms with Crippen molar-refractivity contribution in [3.63, 3.8) is 0 Å². The van der Waals surface area contributed by atoms with Crippen LogP contribution in [-0.2, 0) is 27.1 Å². The molecule has 0 saturated carbocycles. The molecule has 2 heterocycles. The van der Waals surface area contributed by atoms with Crippen molar-refractivity contribution in [2.45, 2.75) is 25.4 Å². The van der Waals surface area contributed by atoms with Crippen molar-refractivity contribution >= 4 is 23.5 Å². The normalized spacial score (nSPS) is 18.2. The first kappa shape index (κ1) is 17.3. The summed E-state index contributed by atoms with van der Waals surface area (Å²) in [7, 11) is 1.34. The van der Waals surface area contributed by atoms with E-state index in [2.05, 4.69) is 0 Å². The van der Waals surface area contributed by atoms with Gasteiger partial charge in [0.15, 0.2) is 6.10 Å². The van der Waals surface area contributed by atoms with Gasteiger partial charge in [-0.3, -0.25) is 4.79 Å². The van der Waals surface area contributed by atoms with E-state index < -0.39 is 18.0 Å². The fraction of sp³-hybridized carbons (Fsp3) is 0.286. The molecule has 0 radical (unpaired) electrons. The van der Waals surface area contributed by atoms with Crippen molar-refractivity contribution in [1.29, 1.82) is 0 Å². The van der Waals surface area contributed by atoms with Crippen LogP contribution >= 0.6 is 0 Å². The van der Waals surface area contributed by atoms with Crippen molar-refractivity contribution < 1.29 is 23.9 Å². The standard InChI is InChI=1S/C21H19NO5/c1-26-20(24)16-8-4-10-17-15(16)9-5-11-22(17)19(23)18-12-13-6-2-3-7-14(13)21(25)27-18/h2-4,6-8,10,18H,5,9,11-12H2,1H3/t18-/m1/s1. The number of hydrogen-bond acceptors (Lipinski definition) is 5. The number of rotatable bonds is 2. The van der Waals surface area contributed by atoms with Gasteiger partial charge >= 0.3 is 11.9 Å². The lowest BCUT2D eigenvalue weighted by atomic mass is 9.94. The van der Waals surface area contributed by atoms with Gasteiger partial charge < -0.3 is 14.4 Å². The molecule has 2 aromatic rings. The SMILES string of the molecule is COC(=O)c1cccc2c1CCCN2C(=O)[C@H]1Cc2ccccc2C(=O)O1. The molecule has 138 valence electrons. The van der Waals surface area contributed by atoms with Crippen molar-refractivity contribution in [1.82, 2.24) is 0 Å². The Morgan fingerprint density at radius 2 is 1.96 bits per heavy atom. The number of cyclic esters (lactones) is 1. The summed E-state index contributed by atoms with van der Waals surface area (Å²) in [4.78, 5) is 39.1. The number of nitrogens with zero attached hydrogens (tertiary/aromatic N) is 1. The smallest absolute Gasteiger partial charge is 0.339 e. The van der Waals surface area contributed by atoms with Gasteiger partial charge in [0.05, 0.1) is 18.2 Å². The molecule has 0 N–H and O–H groups in total. The lowest BCUT2D eigenvalue weighted by molar-refractivity contribution is -0.127. The van der Waals surface area contributed by atoms with Gasteiger partial charge in [-0.1, -0.05) is 24.3 Å². The highest BCUT2D eigenvalue weighted by Crippen LogP contribution is 2.32. The second kappa shape index (κ2) is 6.87. The fourth-order valence-electron chi connectivity index (χ4n) is 3.80. The molecule has 4 rings (SSSR count). The zero-order valence-corrected chi connectivity index (χ0v) is 14.9. The summed E-state index contributed by atoms with van der Waals surface area (Å²) in [5.74, 6) is -1.16. The molecule has 0 saturated heterocycles. The van der Waals surface area contributed by atoms with E-state index in [1.165, 1.54) is 7.11 Å². The van der Waals surface area contributed by atoms with Crippen LogP contribution in [0.25, 0.3) is 0 Å². The number of amides is 1. The average Bonchev–Trinajstić information content (AvgIpc) is 2.71. The van der Waals surface area contributed by atoms with E-state index >= 15 is 0 Å². The van der Waals surface area contributed by atoms with E-state index in [1.807, 2.05) is 18.2 Å². The van der Waals surface area contributed by atoms with E-state index in [1.54, 1.807) is 29.2 Å². The molecule has 0 spiro atoms. The largest absolute Gasteiger partial charge is 0.465 e. The summed E-state index contributed by atoms with van der Waals surface area (Å²) in [6.45, 7) is 0.520. The van der Waals surface area contributed by atoms with E-state index in [-0.39, 0.29) is 5.91 Å². The summed E-state index contributed by atoms with van der Waals surface area (Å²) in [6.07, 6.45) is 0.908. The maximum absolute atomic E-state index is 13.2. The highest BCUT2D eigenvalue weighted by molar-refractivity contribution is 6.03. The van der Waals surface area contributed by atoms with Crippen LogP contribution in [0, 0.1) is 0 Å². The zero-order valence-electron chi connectivity index (χ0n) is 14.9. The monoisotopic (exact) mass is 365 g/mol. The number of ether oxygens (including phenoxy) is 2. The van der Waals surface area contributed by atoms with Crippen LogP contribution in [-0.4, -0.2) is 37.6 Å². The molecule has 0 aliphatic carbocycles. The second-order valence-electron chi connectivity index (χ2n) is 6.64. The third-order valence-electron chi connectivity index (χ3n) is 5.09. The molecular weight excluding hydrogens is 346 g/mol. The molecule has 2 aliphatic rings. The van der Waals surface area contributed by atoms with Crippen LogP contribution in [0.3, 0.4) is 0 Å². The lowest BCUT2D eigenvalue weighted by Gasteiger charge is -2.34. The fourth-order valence-corrected chi connectivity index (χ4v) is 3.80. The van der Waals surface area contributed by atoms with Gasteiger partial charge in [0.2, 0.25) is 0 Å². The predicted molar refractivity (Wildman–Crippen MR) is 97.8 cm³/mol. The molecule has 1 amide bonds. The van der Waals surface area contributed by atoms with Crippen molar-refractivity contribution in [2.75, 3.05) is 18.6 Å². The first-order valence-electron chi connectivity index (χ1n) is 8.90. The van der Waals surface area contributed by atoms with Crippen LogP contribution in [0.15, 0.2) is 42.5 Å². The summed E-state index contributed by atoms with van der Waals surface area (Å²) >= 11 is 0. The molecule has 0 bridgehead atoms. The summed E-state index contributed by atoms with van der Waals surface area (Å²) in [6, 6.07) is 12.4. The highest BCUT2D eigenvalue weighted by atomic mass is 16.5. The molecule has 0 fully saturated rings. The van der Waals surface area contributed by atoms with Gasteiger partial charge in [-0.25, -0.2) is 9.59 Å². The number of hydrogen-bond donors (Lipinski definition) is 0. The van der Waals surface area contributed by atoms with Gasteiger partial charge in [0.1, 0.15) is 0 Å². The summed E-state index contributed by atoms with van der Waals surface area (Å²) in [5, 5.41) is 0. The number of methoxy groups -OCH3 is 1. The minimum atomic E-state index is -0.861. The average molecular weight is 365 g/mol. The van der Waals surface area contributed by atoms with Gasteiger partial charge in [-0.05, 0) is 42.2 Å². The number of benzene rings is 2. The Bertz CT molecular complexity index is 936. The Morgan fingerprint density at radius 1 is 1.15 bits per heavy atom. The molecule has 2 aliphatic heterocycles. The Balaban J connectivity index is 1.65. The molecule has 6 nitrogen and oxygen atoms in total. The van der Waals surface area contributed by atoms with Crippen molar-refractivity contribution in [3.8, 4) is 0 Å². The van der Waals surface area contributed by atoms with Gasteiger partial charge in [-0.2, -0.15) is 0 Å². The number of anilines is 1. The van der Waals surface area contributed by atoms with E-state index in [9.17, 15) is 14.4 Å². The van der Waals surface area contributed by atoms with Crippen LogP contribution in [0.2, 0.25) is 0 Å². The Hall–Kier alpha value is -3.15. The molecule has 0 unspecified atom stereocenters. The topological polar surface area (TPSA) is 72.9 Å². The first-order valence-corrected chi connectivity index (χ1v) is 8.90. The number of fused-ring (bicyclic) bond motifs is 2. The van der Waals surface area contributed by atoms with Crippen LogP contribution < -0.4 is 4.90 Å². The number of esters is 2. The van der Waals surface area contributed by atoms with Gasteiger partial charge in [0.25, 0.3) is 5.91 Å². The lowest BCUT2D eigenvalue weighted by Crippen LogP contribution is -2.46. The predicted octanol–water partition coefficient (Wildman–Crippen LogP) is 2.53. The Labute approximate surface area is 156 Å². The number of carbonyl (C=O) groups excluding carboxylic acids is 3. The summed E-state index contributed by atoms with van der Waals surface area (Å²) < 4.78 is 10.3. The third kappa shape index (κ3) is 2.97. The van der Waals surface area contributed by atoms with Crippen LogP contribution in [0.5, 0.6) is 0 Å². The minimum absolute atomic E-state index is 0.263. The molecule has 2 aromatic carbocycles. The number of carbonyl (C=O) groups is 3. The third-order valence-corrected chi connectivity index (χ3v) is 5.09. The van der Waals surface area contributed by atoms with Crippen LogP contribution in [0.4, 0.5) is 5.69 Å². The van der Waals surface area contributed by atoms with E-state index in [0.717, 1.165) is 17.5 Å². The Morgan fingerprint density at radius 3 is 2.78 bits per heavy atom. The molecule has 6 heteroatoms. The Kier molecular flexibility index (Phi) is 4.39. The highest BCUT2D eigenvalue weighted by Gasteiger charge is 2.36. The first-order chi connectivity index (χ1) is 13.1. The summed E-state index contributed by atoms with van der Waals surface area (Å²) in [5.41, 5.74) is 3.27. The van der Waals surface area contributed by atoms with Gasteiger partial charge in [0, 0.05) is 18.7 Å². The molecular formula is C21H19NO5. The van der Waals surface area contributed by atoms with Crippen molar-refractivity contribution in [3.05, 3.63) is 64.7 Å². The van der Waals surface area contributed by atoms with E-state index in [0.29, 0.717) is 36.2 Å². The molecule has 0 aromatic heterocycles. The van der Waals surface area contributed by atoms with E-state index in [4.69, 9.17) is 9.47 Å². The van der Waals surface area contributed by atoms with Crippen molar-refractivity contribution in [2.24, 2.45) is 0 Å².